The van der Waals surface area contributed by atoms with E-state index in [0.717, 1.165) is 35.5 Å². The lowest BCUT2D eigenvalue weighted by Gasteiger charge is -2.42. The lowest BCUT2D eigenvalue weighted by atomic mass is 9.97. The minimum atomic E-state index is -1.01. The van der Waals surface area contributed by atoms with Gasteiger partial charge in [0.2, 0.25) is 5.88 Å². The fourth-order valence-corrected chi connectivity index (χ4v) is 4.84. The van der Waals surface area contributed by atoms with Crippen molar-refractivity contribution >= 4 is 22.4 Å². The van der Waals surface area contributed by atoms with Crippen LogP contribution in [0.25, 0.3) is 0 Å². The van der Waals surface area contributed by atoms with E-state index in [1.165, 1.54) is 0 Å². The van der Waals surface area contributed by atoms with Crippen LogP contribution in [-0.2, 0) is 22.1 Å². The summed E-state index contributed by atoms with van der Waals surface area (Å²) >= 11 is 0. The molecule has 0 aliphatic carbocycles. The summed E-state index contributed by atoms with van der Waals surface area (Å²) < 4.78 is 23.2. The Morgan fingerprint density at radius 1 is 1.16 bits per heavy atom. The Kier molecular flexibility index (Phi) is 6.57. The summed E-state index contributed by atoms with van der Waals surface area (Å²) in [5.74, 6) is 0.264. The van der Waals surface area contributed by atoms with Crippen molar-refractivity contribution in [3.63, 3.8) is 0 Å². The van der Waals surface area contributed by atoms with Crippen LogP contribution < -0.4 is 15.0 Å². The van der Waals surface area contributed by atoms with E-state index in [1.807, 2.05) is 30.3 Å². The van der Waals surface area contributed by atoms with Gasteiger partial charge in [0.05, 0.1) is 18.8 Å². The molecule has 166 valence electrons. The number of hydrogen-bond donors (Lipinski definition) is 1. The van der Waals surface area contributed by atoms with E-state index in [2.05, 4.69) is 29.0 Å². The van der Waals surface area contributed by atoms with Crippen LogP contribution >= 0.6 is 0 Å². The predicted molar refractivity (Wildman–Crippen MR) is 120 cm³/mol. The monoisotopic (exact) mass is 443 g/mol. The molecule has 4 rings (SSSR count). The molecular formula is C23H29N3O4S. The first-order valence-electron chi connectivity index (χ1n) is 10.7. The molecule has 3 atom stereocenters. The molecule has 7 nitrogen and oxygen atoms in total. The maximum atomic E-state index is 12.6. The van der Waals surface area contributed by atoms with Crippen molar-refractivity contribution in [2.75, 3.05) is 24.3 Å². The van der Waals surface area contributed by atoms with E-state index in [1.54, 1.807) is 12.3 Å². The third-order valence-corrected chi connectivity index (χ3v) is 6.71. The maximum Gasteiger partial charge on any atom is 0.270 e. The largest absolute Gasteiger partial charge is 0.474 e. The minimum Gasteiger partial charge on any atom is -0.474 e. The highest BCUT2D eigenvalue weighted by Gasteiger charge is 2.32. The number of fused-ring (bicyclic) bond motifs is 1. The van der Waals surface area contributed by atoms with Gasteiger partial charge in [-0.3, -0.25) is 9.00 Å². The van der Waals surface area contributed by atoms with Crippen LogP contribution in [0.5, 0.6) is 5.88 Å². The number of hydrogen-bond acceptors (Lipinski definition) is 6. The van der Waals surface area contributed by atoms with Crippen LogP contribution in [0.2, 0.25) is 0 Å². The Labute approximate surface area is 185 Å². The predicted octanol–water partition coefficient (Wildman–Crippen LogP) is 2.90. The van der Waals surface area contributed by atoms with Gasteiger partial charge in [-0.25, -0.2) is 4.98 Å². The molecule has 1 aromatic carbocycles. The van der Waals surface area contributed by atoms with Crippen LogP contribution in [0, 0.1) is 0 Å². The number of nitrogens with zero attached hydrogens (tertiary/aromatic N) is 2. The van der Waals surface area contributed by atoms with E-state index in [9.17, 15) is 9.00 Å². The topological polar surface area (TPSA) is 80.8 Å². The summed E-state index contributed by atoms with van der Waals surface area (Å²) in [6.07, 6.45) is 4.03. The molecule has 0 saturated carbocycles. The van der Waals surface area contributed by atoms with E-state index >= 15 is 0 Å². The second-order valence-electron chi connectivity index (χ2n) is 8.23. The molecule has 3 heterocycles. The zero-order chi connectivity index (χ0) is 22.0. The summed E-state index contributed by atoms with van der Waals surface area (Å²) in [7, 11) is -1.01. The molecule has 31 heavy (non-hydrogen) atoms. The number of rotatable bonds is 5. The van der Waals surface area contributed by atoms with Crippen LogP contribution in [-0.4, -0.2) is 52.8 Å². The zero-order valence-corrected chi connectivity index (χ0v) is 19.0. The van der Waals surface area contributed by atoms with Gasteiger partial charge in [-0.05, 0) is 56.5 Å². The van der Waals surface area contributed by atoms with Crippen molar-refractivity contribution in [1.82, 2.24) is 10.3 Å². The molecule has 1 N–H and O–H groups in total. The van der Waals surface area contributed by atoms with Crippen LogP contribution in [0.1, 0.15) is 42.7 Å². The second kappa shape index (κ2) is 9.36. The number of aromatic nitrogens is 1. The van der Waals surface area contributed by atoms with Crippen molar-refractivity contribution in [1.29, 1.82) is 0 Å². The van der Waals surface area contributed by atoms with Gasteiger partial charge >= 0.3 is 0 Å². The van der Waals surface area contributed by atoms with Crippen LogP contribution in [0.4, 0.5) is 5.69 Å². The zero-order valence-electron chi connectivity index (χ0n) is 18.2. The number of benzene rings is 1. The first kappa shape index (κ1) is 21.8. The fraction of sp³-hybridized carbons (Fsp3) is 0.478. The molecule has 1 fully saturated rings. The van der Waals surface area contributed by atoms with E-state index in [-0.39, 0.29) is 18.1 Å². The average Bonchev–Trinajstić information content (AvgIpc) is 2.76. The summed E-state index contributed by atoms with van der Waals surface area (Å²) in [6.45, 7) is 5.97. The second-order valence-corrected chi connectivity index (χ2v) is 9.61. The molecule has 0 spiro atoms. The number of carbonyl (C=O) groups is 1. The third-order valence-electron chi connectivity index (χ3n) is 5.77. The minimum absolute atomic E-state index is 0.226. The molecule has 0 bridgehead atoms. The van der Waals surface area contributed by atoms with Gasteiger partial charge in [-0.15, -0.1) is 0 Å². The van der Waals surface area contributed by atoms with Crippen molar-refractivity contribution < 1.29 is 18.5 Å². The number of nitrogens with one attached hydrogen (secondary N) is 1. The van der Waals surface area contributed by atoms with Gasteiger partial charge in [-0.1, -0.05) is 12.1 Å². The molecule has 3 unspecified atom stereocenters. The van der Waals surface area contributed by atoms with Gasteiger partial charge < -0.3 is 19.7 Å². The van der Waals surface area contributed by atoms with Gasteiger partial charge in [-0.2, -0.15) is 0 Å². The number of ether oxygens (including phenoxy) is 2. The summed E-state index contributed by atoms with van der Waals surface area (Å²) in [4.78, 5) is 20.3. The molecule has 8 heteroatoms. The van der Waals surface area contributed by atoms with Crippen molar-refractivity contribution in [3.05, 3.63) is 47.7 Å². The van der Waals surface area contributed by atoms with E-state index in [4.69, 9.17) is 9.47 Å². The highest BCUT2D eigenvalue weighted by Crippen LogP contribution is 2.35. The molecule has 1 saturated heterocycles. The average molecular weight is 444 g/mol. The van der Waals surface area contributed by atoms with Gasteiger partial charge in [0.25, 0.3) is 5.91 Å². The van der Waals surface area contributed by atoms with Crippen LogP contribution in [0.3, 0.4) is 0 Å². The van der Waals surface area contributed by atoms with Crippen molar-refractivity contribution in [2.45, 2.75) is 56.4 Å². The summed E-state index contributed by atoms with van der Waals surface area (Å²) in [5.41, 5.74) is 2.21. The Morgan fingerprint density at radius 3 is 2.55 bits per heavy atom. The summed E-state index contributed by atoms with van der Waals surface area (Å²) in [5, 5.41) is 2.89. The quantitative estimate of drug-likeness (QED) is 0.765. The number of pyridine rings is 1. The molecule has 1 aromatic heterocycles. The molecule has 2 aliphatic rings. The molecular weight excluding hydrogens is 414 g/mol. The Bertz CT molecular complexity index is 956. The van der Waals surface area contributed by atoms with E-state index in [0.29, 0.717) is 30.8 Å². The van der Waals surface area contributed by atoms with Crippen molar-refractivity contribution in [2.24, 2.45) is 0 Å². The smallest absolute Gasteiger partial charge is 0.270 e. The fourth-order valence-electron chi connectivity index (χ4n) is 4.32. The lowest BCUT2D eigenvalue weighted by molar-refractivity contribution is -0.0383. The molecule has 2 aliphatic heterocycles. The third kappa shape index (κ3) is 5.07. The van der Waals surface area contributed by atoms with Crippen LogP contribution in [0.15, 0.2) is 41.3 Å². The van der Waals surface area contributed by atoms with Gasteiger partial charge in [0.15, 0.2) is 0 Å². The van der Waals surface area contributed by atoms with Gasteiger partial charge in [0.1, 0.15) is 18.0 Å². The standard InChI is InChI=1S/C23H29N3O4S/c1-15-12-18(13-16(2)30-15)26-10-11-29-23-21(26)9-8-20(25-23)22(27)24-14-17-4-6-19(7-5-17)31(3)28/h4-9,15-16,18H,10-14H2,1-3H3,(H,24,27). The number of carbonyl (C=O) groups excluding carboxylic acids is 1. The highest BCUT2D eigenvalue weighted by atomic mass is 32.2. The first-order chi connectivity index (χ1) is 14.9. The number of anilines is 1. The molecule has 1 amide bonds. The first-order valence-corrected chi connectivity index (χ1v) is 12.2. The highest BCUT2D eigenvalue weighted by molar-refractivity contribution is 7.84. The molecule has 2 aromatic rings. The Balaban J connectivity index is 1.43. The normalized spacial score (nSPS) is 24.1. The summed E-state index contributed by atoms with van der Waals surface area (Å²) in [6, 6.07) is 11.4. The number of amides is 1. The SMILES string of the molecule is CC1CC(N2CCOc3nc(C(=O)NCc4ccc(S(C)=O)cc4)ccc32)CC(C)O1. The van der Waals surface area contributed by atoms with Crippen molar-refractivity contribution in [3.8, 4) is 5.88 Å². The van der Waals surface area contributed by atoms with E-state index < -0.39 is 10.8 Å². The maximum absolute atomic E-state index is 12.6. The molecule has 0 radical (unpaired) electrons. The van der Waals surface area contributed by atoms with Gasteiger partial charge in [0, 0.05) is 34.5 Å². The Morgan fingerprint density at radius 2 is 1.87 bits per heavy atom. The lowest BCUT2D eigenvalue weighted by Crippen LogP contribution is -2.47. The Hall–Kier alpha value is -2.45.